The molecule has 0 aromatic heterocycles. The molecule has 19 heavy (non-hydrogen) atoms. The van der Waals surface area contributed by atoms with Crippen LogP contribution in [0.15, 0.2) is 0 Å². The van der Waals surface area contributed by atoms with E-state index in [1.54, 1.807) is 0 Å². The van der Waals surface area contributed by atoms with E-state index < -0.39 is 23.2 Å². The van der Waals surface area contributed by atoms with Gasteiger partial charge in [0, 0.05) is 26.4 Å². The average Bonchev–Trinajstić information content (AvgIpc) is 2.63. The predicted molar refractivity (Wildman–Crippen MR) is 63.8 cm³/mol. The molecule has 2 atom stereocenters. The number of aliphatic carboxylic acids is 1. The Hall–Kier alpha value is -1.20. The maximum atomic E-state index is 14.5. The van der Waals surface area contributed by atoms with Crippen molar-refractivity contribution in [3.05, 3.63) is 0 Å². The highest BCUT2D eigenvalue weighted by Gasteiger charge is 2.64. The summed E-state index contributed by atoms with van der Waals surface area (Å²) in [5.41, 5.74) is -1.58. The van der Waals surface area contributed by atoms with Gasteiger partial charge in [-0.15, -0.1) is 0 Å². The fraction of sp³-hybridized carbons (Fsp3) is 0.846. The molecule has 108 valence electrons. The molecule has 1 heterocycles. The maximum absolute atomic E-state index is 14.5. The zero-order chi connectivity index (χ0) is 14.3. The second-order valence-electron chi connectivity index (χ2n) is 5.71. The Morgan fingerprint density at radius 2 is 1.84 bits per heavy atom. The lowest BCUT2D eigenvalue weighted by Crippen LogP contribution is -2.49. The summed E-state index contributed by atoms with van der Waals surface area (Å²) in [7, 11) is 0. The van der Waals surface area contributed by atoms with Gasteiger partial charge < -0.3 is 10.0 Å². The van der Waals surface area contributed by atoms with Crippen LogP contribution in [0.1, 0.15) is 39.0 Å². The van der Waals surface area contributed by atoms with Crippen LogP contribution in [0.3, 0.4) is 0 Å². The molecular formula is C13H19F2NO3. The van der Waals surface area contributed by atoms with Gasteiger partial charge in [0.1, 0.15) is 0 Å². The first-order chi connectivity index (χ1) is 8.80. The smallest absolute Gasteiger partial charge is 0.309 e. The van der Waals surface area contributed by atoms with Crippen molar-refractivity contribution in [1.29, 1.82) is 0 Å². The lowest BCUT2D eigenvalue weighted by atomic mass is 9.69. The first kappa shape index (κ1) is 14.2. The van der Waals surface area contributed by atoms with Crippen molar-refractivity contribution in [3.63, 3.8) is 0 Å². The number of carboxylic acid groups (broad SMARTS) is 1. The highest BCUT2D eigenvalue weighted by molar-refractivity contribution is 5.78. The van der Waals surface area contributed by atoms with Gasteiger partial charge in [-0.2, -0.15) is 0 Å². The Morgan fingerprint density at radius 1 is 1.21 bits per heavy atom. The third kappa shape index (κ3) is 2.21. The Labute approximate surface area is 110 Å². The van der Waals surface area contributed by atoms with Crippen LogP contribution in [0.5, 0.6) is 0 Å². The van der Waals surface area contributed by atoms with E-state index in [0.29, 0.717) is 19.3 Å². The number of carbonyl (C=O) groups is 2. The third-order valence-electron chi connectivity index (χ3n) is 4.63. The van der Waals surface area contributed by atoms with Crippen LogP contribution in [-0.4, -0.2) is 40.9 Å². The predicted octanol–water partition coefficient (Wildman–Crippen LogP) is 2.14. The molecule has 0 radical (unpaired) electrons. The van der Waals surface area contributed by atoms with Gasteiger partial charge in [-0.05, 0) is 12.8 Å². The molecule has 2 unspecified atom stereocenters. The molecule has 6 heteroatoms. The van der Waals surface area contributed by atoms with Gasteiger partial charge >= 0.3 is 5.97 Å². The number of carbonyl (C=O) groups excluding carboxylic acids is 1. The van der Waals surface area contributed by atoms with E-state index >= 15 is 0 Å². The molecule has 2 fully saturated rings. The zero-order valence-electron chi connectivity index (χ0n) is 11.0. The number of rotatable bonds is 1. The van der Waals surface area contributed by atoms with Crippen molar-refractivity contribution in [2.24, 2.45) is 11.3 Å². The number of nitrogens with zero attached hydrogens (tertiary/aromatic N) is 1. The fourth-order valence-electron chi connectivity index (χ4n) is 3.48. The molecule has 1 spiro atoms. The molecule has 2 rings (SSSR count). The number of amides is 1. The summed E-state index contributed by atoms with van der Waals surface area (Å²) >= 11 is 0. The van der Waals surface area contributed by atoms with E-state index in [2.05, 4.69) is 0 Å². The lowest BCUT2D eigenvalue weighted by Gasteiger charge is -2.38. The van der Waals surface area contributed by atoms with Crippen molar-refractivity contribution < 1.29 is 23.5 Å². The van der Waals surface area contributed by atoms with E-state index in [1.807, 2.05) is 0 Å². The van der Waals surface area contributed by atoms with Gasteiger partial charge in [0.2, 0.25) is 5.91 Å². The summed E-state index contributed by atoms with van der Waals surface area (Å²) in [6.45, 7) is 1.07. The standard InChI is InChI=1S/C13H19F2NO3/c1-9(17)16-7-10(11(18)19)12(8-16)5-3-2-4-6-13(12,14)15/h10H,2-8H2,1H3,(H,18,19). The highest BCUT2D eigenvalue weighted by Crippen LogP contribution is 2.55. The Morgan fingerprint density at radius 3 is 2.42 bits per heavy atom. The minimum Gasteiger partial charge on any atom is -0.481 e. The SMILES string of the molecule is CC(=O)N1CC(C(=O)O)C2(CCCCCC2(F)F)C1. The lowest BCUT2D eigenvalue weighted by molar-refractivity contribution is -0.169. The van der Waals surface area contributed by atoms with Crippen molar-refractivity contribution in [2.75, 3.05) is 13.1 Å². The molecule has 1 aliphatic carbocycles. The maximum Gasteiger partial charge on any atom is 0.309 e. The number of carboxylic acids is 1. The monoisotopic (exact) mass is 275 g/mol. The zero-order valence-corrected chi connectivity index (χ0v) is 11.0. The van der Waals surface area contributed by atoms with Crippen LogP contribution in [0.4, 0.5) is 8.78 Å². The van der Waals surface area contributed by atoms with Crippen LogP contribution in [0.2, 0.25) is 0 Å². The molecule has 0 aromatic carbocycles. The van der Waals surface area contributed by atoms with Crippen LogP contribution in [0.25, 0.3) is 0 Å². The number of likely N-dealkylation sites (tertiary alicyclic amines) is 1. The summed E-state index contributed by atoms with van der Waals surface area (Å²) in [6.07, 6.45) is 1.62. The highest BCUT2D eigenvalue weighted by atomic mass is 19.3. The first-order valence-corrected chi connectivity index (χ1v) is 6.66. The van der Waals surface area contributed by atoms with Gasteiger partial charge in [-0.1, -0.05) is 12.8 Å². The summed E-state index contributed by atoms with van der Waals surface area (Å²) < 4.78 is 28.9. The Bertz CT molecular complexity index is 399. The van der Waals surface area contributed by atoms with E-state index in [-0.39, 0.29) is 31.8 Å². The van der Waals surface area contributed by atoms with Crippen LogP contribution < -0.4 is 0 Å². The van der Waals surface area contributed by atoms with E-state index in [0.717, 1.165) is 0 Å². The Balaban J connectivity index is 2.41. The summed E-state index contributed by atoms with van der Waals surface area (Å²) in [5.74, 6) is -5.73. The molecule has 1 saturated heterocycles. The largest absolute Gasteiger partial charge is 0.481 e. The summed E-state index contributed by atoms with van der Waals surface area (Å²) in [4.78, 5) is 24.1. The summed E-state index contributed by atoms with van der Waals surface area (Å²) in [6, 6.07) is 0. The van der Waals surface area contributed by atoms with Crippen molar-refractivity contribution in [2.45, 2.75) is 45.0 Å². The minimum absolute atomic E-state index is 0.0970. The van der Waals surface area contributed by atoms with E-state index in [9.17, 15) is 23.5 Å². The van der Waals surface area contributed by atoms with Crippen LogP contribution in [0, 0.1) is 11.3 Å². The molecule has 1 amide bonds. The van der Waals surface area contributed by atoms with Crippen molar-refractivity contribution in [3.8, 4) is 0 Å². The summed E-state index contributed by atoms with van der Waals surface area (Å²) in [5, 5.41) is 9.28. The topological polar surface area (TPSA) is 57.6 Å². The molecule has 4 nitrogen and oxygen atoms in total. The number of hydrogen-bond acceptors (Lipinski definition) is 2. The van der Waals surface area contributed by atoms with E-state index in [4.69, 9.17) is 0 Å². The fourth-order valence-corrected chi connectivity index (χ4v) is 3.48. The van der Waals surface area contributed by atoms with Crippen LogP contribution in [-0.2, 0) is 9.59 Å². The van der Waals surface area contributed by atoms with Gasteiger partial charge in [-0.25, -0.2) is 8.78 Å². The van der Waals surface area contributed by atoms with Gasteiger partial charge in [-0.3, -0.25) is 9.59 Å². The van der Waals surface area contributed by atoms with Gasteiger partial charge in [0.15, 0.2) is 0 Å². The molecular weight excluding hydrogens is 256 g/mol. The number of hydrogen-bond donors (Lipinski definition) is 1. The minimum atomic E-state index is -3.02. The Kier molecular flexibility index (Phi) is 3.53. The van der Waals surface area contributed by atoms with Gasteiger partial charge in [0.05, 0.1) is 11.3 Å². The second kappa shape index (κ2) is 4.72. The quantitative estimate of drug-likeness (QED) is 0.797. The first-order valence-electron chi connectivity index (χ1n) is 6.66. The molecule has 1 saturated carbocycles. The van der Waals surface area contributed by atoms with Crippen molar-refractivity contribution >= 4 is 11.9 Å². The van der Waals surface area contributed by atoms with Crippen molar-refractivity contribution in [1.82, 2.24) is 4.90 Å². The number of alkyl halides is 2. The third-order valence-corrected chi connectivity index (χ3v) is 4.63. The van der Waals surface area contributed by atoms with Crippen LogP contribution >= 0.6 is 0 Å². The molecule has 2 aliphatic rings. The number of halogens is 2. The molecule has 0 aromatic rings. The average molecular weight is 275 g/mol. The van der Waals surface area contributed by atoms with Gasteiger partial charge in [0.25, 0.3) is 5.92 Å². The molecule has 0 bridgehead atoms. The second-order valence-corrected chi connectivity index (χ2v) is 5.71. The van der Waals surface area contributed by atoms with E-state index in [1.165, 1.54) is 11.8 Å². The normalized spacial score (nSPS) is 34.3. The molecule has 1 aliphatic heterocycles. The molecule has 1 N–H and O–H groups in total.